The molecular weight excluding hydrogens is 278 g/mol. The molecule has 2 aromatic carbocycles. The van der Waals surface area contributed by atoms with Crippen molar-refractivity contribution in [3.05, 3.63) is 59.3 Å². The summed E-state index contributed by atoms with van der Waals surface area (Å²) in [5.74, 6) is -0.324. The molecule has 3 rings (SSSR count). The van der Waals surface area contributed by atoms with Gasteiger partial charge >= 0.3 is 0 Å². The zero-order valence-corrected chi connectivity index (χ0v) is 11.0. The lowest BCUT2D eigenvalue weighted by atomic mass is 10.1. The molecule has 4 nitrogen and oxygen atoms in total. The number of phenols is 1. The first-order valence-electron chi connectivity index (χ1n) is 5.91. The second-order valence-electron chi connectivity index (χ2n) is 4.27. The van der Waals surface area contributed by atoms with Gasteiger partial charge < -0.3 is 14.8 Å². The maximum atomic E-state index is 12.2. The number of amides is 1. The third-order valence-electron chi connectivity index (χ3n) is 2.93. The predicted molar refractivity (Wildman–Crippen MR) is 77.3 cm³/mol. The fourth-order valence-electron chi connectivity index (χ4n) is 1.94. The lowest BCUT2D eigenvalue weighted by Crippen LogP contribution is -2.11. The van der Waals surface area contributed by atoms with Gasteiger partial charge in [0.2, 0.25) is 0 Å². The van der Waals surface area contributed by atoms with Gasteiger partial charge in [-0.1, -0.05) is 29.8 Å². The van der Waals surface area contributed by atoms with E-state index in [-0.39, 0.29) is 16.7 Å². The highest BCUT2D eigenvalue weighted by molar-refractivity contribution is 6.32. The van der Waals surface area contributed by atoms with Gasteiger partial charge in [0.25, 0.3) is 5.91 Å². The third-order valence-corrected chi connectivity index (χ3v) is 3.23. The van der Waals surface area contributed by atoms with E-state index < -0.39 is 0 Å². The van der Waals surface area contributed by atoms with Gasteiger partial charge in [0.05, 0.1) is 10.6 Å². The van der Waals surface area contributed by atoms with Crippen molar-refractivity contribution in [3.8, 4) is 5.75 Å². The lowest BCUT2D eigenvalue weighted by Gasteiger charge is -2.05. The molecule has 0 saturated carbocycles. The van der Waals surface area contributed by atoms with Crippen molar-refractivity contribution in [1.29, 1.82) is 0 Å². The molecule has 5 heteroatoms. The zero-order valence-electron chi connectivity index (χ0n) is 10.3. The van der Waals surface area contributed by atoms with Gasteiger partial charge in [-0.2, -0.15) is 0 Å². The average molecular weight is 288 g/mol. The van der Waals surface area contributed by atoms with Crippen LogP contribution in [0, 0.1) is 0 Å². The van der Waals surface area contributed by atoms with E-state index in [9.17, 15) is 9.90 Å². The van der Waals surface area contributed by atoms with Gasteiger partial charge in [-0.05, 0) is 24.3 Å². The van der Waals surface area contributed by atoms with Gasteiger partial charge in [0.1, 0.15) is 17.6 Å². The Balaban J connectivity index is 1.91. The van der Waals surface area contributed by atoms with Crippen LogP contribution < -0.4 is 5.32 Å². The molecule has 20 heavy (non-hydrogen) atoms. The van der Waals surface area contributed by atoms with E-state index >= 15 is 0 Å². The van der Waals surface area contributed by atoms with Crippen molar-refractivity contribution in [2.45, 2.75) is 0 Å². The maximum Gasteiger partial charge on any atom is 0.259 e. The third kappa shape index (κ3) is 2.21. The fourth-order valence-corrected chi connectivity index (χ4v) is 2.12. The van der Waals surface area contributed by atoms with Crippen molar-refractivity contribution >= 4 is 34.2 Å². The molecule has 0 unspecified atom stereocenters. The quantitative estimate of drug-likeness (QED) is 0.699. The van der Waals surface area contributed by atoms with Crippen LogP contribution in [0.1, 0.15) is 10.4 Å². The topological polar surface area (TPSA) is 62.5 Å². The molecule has 100 valence electrons. The number of hydrogen-bond donors (Lipinski definition) is 2. The minimum absolute atomic E-state index is 0.0292. The number of para-hydroxylation sites is 1. The molecule has 0 bridgehead atoms. The first-order chi connectivity index (χ1) is 9.65. The zero-order chi connectivity index (χ0) is 14.1. The molecule has 0 aliphatic carbocycles. The number of carbonyl (C=O) groups is 1. The summed E-state index contributed by atoms with van der Waals surface area (Å²) in [4.78, 5) is 12.2. The fraction of sp³-hybridized carbons (Fsp3) is 0. The Kier molecular flexibility index (Phi) is 3.08. The lowest BCUT2D eigenvalue weighted by molar-refractivity contribution is 0.102. The largest absolute Gasteiger partial charge is 0.506 e. The molecule has 0 aliphatic heterocycles. The summed E-state index contributed by atoms with van der Waals surface area (Å²) >= 11 is 5.80. The second kappa shape index (κ2) is 4.90. The van der Waals surface area contributed by atoms with Gasteiger partial charge in [0.15, 0.2) is 0 Å². The maximum absolute atomic E-state index is 12.2. The number of nitrogens with one attached hydrogen (secondary N) is 1. The van der Waals surface area contributed by atoms with Gasteiger partial charge in [-0.25, -0.2) is 0 Å². The molecule has 0 radical (unpaired) electrons. The average Bonchev–Trinajstić information content (AvgIpc) is 2.87. The Hall–Kier alpha value is -2.46. The first-order valence-corrected chi connectivity index (χ1v) is 6.29. The highest BCUT2D eigenvalue weighted by Crippen LogP contribution is 2.27. The Morgan fingerprint density at radius 1 is 1.20 bits per heavy atom. The van der Waals surface area contributed by atoms with E-state index in [2.05, 4.69) is 5.32 Å². The van der Waals surface area contributed by atoms with E-state index in [0.29, 0.717) is 16.8 Å². The monoisotopic (exact) mass is 287 g/mol. The van der Waals surface area contributed by atoms with E-state index in [1.54, 1.807) is 12.1 Å². The van der Waals surface area contributed by atoms with Crippen LogP contribution in [0.25, 0.3) is 11.0 Å². The summed E-state index contributed by atoms with van der Waals surface area (Å²) in [6.45, 7) is 0. The van der Waals surface area contributed by atoms with E-state index in [4.69, 9.17) is 16.0 Å². The highest BCUT2D eigenvalue weighted by Gasteiger charge is 2.13. The smallest absolute Gasteiger partial charge is 0.259 e. The standard InChI is InChI=1S/C15H10ClNO3/c16-12-7-9(5-6-13(12)18)17-15(19)11-8-20-14-4-2-1-3-10(11)14/h1-8,18H,(H,17,19). The van der Waals surface area contributed by atoms with Crippen LogP contribution >= 0.6 is 11.6 Å². The van der Waals surface area contributed by atoms with Crippen molar-refractivity contribution in [1.82, 2.24) is 0 Å². The summed E-state index contributed by atoms with van der Waals surface area (Å²) in [6, 6.07) is 11.8. The number of rotatable bonds is 2. The van der Waals surface area contributed by atoms with Gasteiger partial charge in [-0.3, -0.25) is 4.79 Å². The highest BCUT2D eigenvalue weighted by atomic mass is 35.5. The summed E-state index contributed by atoms with van der Waals surface area (Å²) < 4.78 is 5.32. The minimum Gasteiger partial charge on any atom is -0.506 e. The summed E-state index contributed by atoms with van der Waals surface area (Å²) in [5.41, 5.74) is 1.61. The molecule has 0 aliphatic rings. The van der Waals surface area contributed by atoms with Crippen LogP contribution in [-0.4, -0.2) is 11.0 Å². The van der Waals surface area contributed by atoms with E-state index in [1.165, 1.54) is 18.4 Å². The van der Waals surface area contributed by atoms with Crippen LogP contribution in [0.4, 0.5) is 5.69 Å². The Bertz CT molecular complexity index is 795. The number of fused-ring (bicyclic) bond motifs is 1. The van der Waals surface area contributed by atoms with Crippen molar-refractivity contribution < 1.29 is 14.3 Å². The SMILES string of the molecule is O=C(Nc1ccc(O)c(Cl)c1)c1coc2ccccc12. The molecule has 1 aromatic heterocycles. The molecular formula is C15H10ClNO3. The molecule has 2 N–H and O–H groups in total. The van der Waals surface area contributed by atoms with Crippen LogP contribution in [0.5, 0.6) is 5.75 Å². The Morgan fingerprint density at radius 2 is 2.00 bits per heavy atom. The molecule has 0 saturated heterocycles. The van der Waals surface area contributed by atoms with Crippen molar-refractivity contribution in [3.63, 3.8) is 0 Å². The van der Waals surface area contributed by atoms with Crippen molar-refractivity contribution in [2.24, 2.45) is 0 Å². The van der Waals surface area contributed by atoms with Crippen LogP contribution in [0.3, 0.4) is 0 Å². The Morgan fingerprint density at radius 3 is 2.80 bits per heavy atom. The summed E-state index contributed by atoms with van der Waals surface area (Å²) in [5, 5.41) is 13.0. The van der Waals surface area contributed by atoms with Crippen molar-refractivity contribution in [2.75, 3.05) is 5.32 Å². The predicted octanol–water partition coefficient (Wildman–Crippen LogP) is 4.04. The molecule has 1 amide bonds. The molecule has 0 spiro atoms. The number of phenolic OH excluding ortho intramolecular Hbond substituents is 1. The van der Waals surface area contributed by atoms with Gasteiger partial charge in [-0.15, -0.1) is 0 Å². The molecule has 0 fully saturated rings. The molecule has 3 aromatic rings. The number of aromatic hydroxyl groups is 1. The van der Waals surface area contributed by atoms with E-state index in [1.807, 2.05) is 18.2 Å². The first kappa shape index (κ1) is 12.6. The number of hydrogen-bond acceptors (Lipinski definition) is 3. The van der Waals surface area contributed by atoms with Crippen LogP contribution in [0.15, 0.2) is 53.1 Å². The number of carbonyl (C=O) groups excluding carboxylic acids is 1. The Labute approximate surface area is 119 Å². The molecule has 0 atom stereocenters. The van der Waals surface area contributed by atoms with Gasteiger partial charge in [0, 0.05) is 11.1 Å². The van der Waals surface area contributed by atoms with Crippen LogP contribution in [-0.2, 0) is 0 Å². The summed E-state index contributed by atoms with van der Waals surface area (Å²) in [7, 11) is 0. The number of furan rings is 1. The normalized spacial score (nSPS) is 10.7. The number of halogens is 1. The number of anilines is 1. The number of benzene rings is 2. The van der Waals surface area contributed by atoms with E-state index in [0.717, 1.165) is 5.39 Å². The second-order valence-corrected chi connectivity index (χ2v) is 4.67. The minimum atomic E-state index is -0.295. The molecule has 1 heterocycles. The summed E-state index contributed by atoms with van der Waals surface area (Å²) in [6.07, 6.45) is 1.42. The van der Waals surface area contributed by atoms with Crippen LogP contribution in [0.2, 0.25) is 5.02 Å².